The zero-order valence-corrected chi connectivity index (χ0v) is 14.3. The van der Waals surface area contributed by atoms with E-state index in [1.807, 2.05) is 30.3 Å². The van der Waals surface area contributed by atoms with Crippen LogP contribution in [0.3, 0.4) is 0 Å². The van der Waals surface area contributed by atoms with E-state index in [2.05, 4.69) is 17.2 Å². The SMILES string of the molecule is CC1CCCC(NC(=O)CCCc2ncc(-c3ccccc3)o2)C1. The molecule has 2 aromatic rings. The summed E-state index contributed by atoms with van der Waals surface area (Å²) < 4.78 is 5.77. The zero-order valence-electron chi connectivity index (χ0n) is 14.3. The van der Waals surface area contributed by atoms with Gasteiger partial charge in [0.05, 0.1) is 6.20 Å². The number of rotatable bonds is 6. The Kier molecular flexibility index (Phi) is 5.68. The minimum Gasteiger partial charge on any atom is -0.441 e. The van der Waals surface area contributed by atoms with Crippen molar-refractivity contribution in [3.63, 3.8) is 0 Å². The molecule has 1 aliphatic rings. The number of oxazole rings is 1. The molecule has 0 bridgehead atoms. The molecule has 1 aromatic heterocycles. The lowest BCUT2D eigenvalue weighted by atomic mass is 9.87. The molecule has 1 fully saturated rings. The van der Waals surface area contributed by atoms with Crippen LogP contribution in [0.4, 0.5) is 0 Å². The number of hydrogen-bond donors (Lipinski definition) is 1. The van der Waals surface area contributed by atoms with Gasteiger partial charge in [-0.2, -0.15) is 0 Å². The number of benzene rings is 1. The number of aromatic nitrogens is 1. The van der Waals surface area contributed by atoms with Gasteiger partial charge in [0.15, 0.2) is 11.7 Å². The third kappa shape index (κ3) is 4.70. The second-order valence-electron chi connectivity index (χ2n) is 6.87. The Morgan fingerprint density at radius 2 is 2.12 bits per heavy atom. The van der Waals surface area contributed by atoms with Crippen molar-refractivity contribution in [1.29, 1.82) is 0 Å². The van der Waals surface area contributed by atoms with Crippen LogP contribution < -0.4 is 5.32 Å². The summed E-state index contributed by atoms with van der Waals surface area (Å²) >= 11 is 0. The molecular weight excluding hydrogens is 300 g/mol. The van der Waals surface area contributed by atoms with E-state index in [0.29, 0.717) is 24.8 Å². The van der Waals surface area contributed by atoms with Crippen LogP contribution in [0.1, 0.15) is 51.3 Å². The summed E-state index contributed by atoms with van der Waals surface area (Å²) in [7, 11) is 0. The molecule has 4 heteroatoms. The molecule has 1 N–H and O–H groups in total. The van der Waals surface area contributed by atoms with Gasteiger partial charge in [0.2, 0.25) is 5.91 Å². The van der Waals surface area contributed by atoms with Gasteiger partial charge in [-0.3, -0.25) is 4.79 Å². The van der Waals surface area contributed by atoms with Gasteiger partial charge in [0.25, 0.3) is 0 Å². The zero-order chi connectivity index (χ0) is 16.8. The van der Waals surface area contributed by atoms with Crippen molar-refractivity contribution >= 4 is 5.91 Å². The fourth-order valence-electron chi connectivity index (χ4n) is 3.43. The van der Waals surface area contributed by atoms with Crippen molar-refractivity contribution < 1.29 is 9.21 Å². The molecule has 3 rings (SSSR count). The minimum absolute atomic E-state index is 0.156. The van der Waals surface area contributed by atoms with Crippen molar-refractivity contribution in [2.75, 3.05) is 0 Å². The normalized spacial score (nSPS) is 20.7. The number of aryl methyl sites for hydroxylation is 1. The van der Waals surface area contributed by atoms with E-state index in [1.165, 1.54) is 12.8 Å². The second kappa shape index (κ2) is 8.13. The van der Waals surface area contributed by atoms with Crippen molar-refractivity contribution in [3.05, 3.63) is 42.4 Å². The van der Waals surface area contributed by atoms with Gasteiger partial charge in [-0.05, 0) is 25.2 Å². The molecule has 0 radical (unpaired) electrons. The first-order valence-corrected chi connectivity index (χ1v) is 9.00. The van der Waals surface area contributed by atoms with E-state index in [1.54, 1.807) is 6.20 Å². The molecule has 2 atom stereocenters. The van der Waals surface area contributed by atoms with Gasteiger partial charge < -0.3 is 9.73 Å². The Hall–Kier alpha value is -2.10. The molecule has 0 aliphatic heterocycles. The fraction of sp³-hybridized carbons (Fsp3) is 0.500. The molecule has 128 valence electrons. The third-order valence-corrected chi connectivity index (χ3v) is 4.71. The van der Waals surface area contributed by atoms with Crippen LogP contribution in [0.5, 0.6) is 0 Å². The van der Waals surface area contributed by atoms with Crippen LogP contribution >= 0.6 is 0 Å². The summed E-state index contributed by atoms with van der Waals surface area (Å²) in [5.74, 6) is 2.37. The van der Waals surface area contributed by atoms with Crippen LogP contribution in [0.15, 0.2) is 40.9 Å². The number of hydrogen-bond acceptors (Lipinski definition) is 3. The predicted octanol–water partition coefficient (Wildman–Crippen LogP) is 4.36. The lowest BCUT2D eigenvalue weighted by molar-refractivity contribution is -0.122. The quantitative estimate of drug-likeness (QED) is 0.858. The van der Waals surface area contributed by atoms with Gasteiger partial charge in [0, 0.05) is 24.4 Å². The second-order valence-corrected chi connectivity index (χ2v) is 6.87. The topological polar surface area (TPSA) is 55.1 Å². The highest BCUT2D eigenvalue weighted by Crippen LogP contribution is 2.24. The number of nitrogens with one attached hydrogen (secondary N) is 1. The Labute approximate surface area is 143 Å². The molecule has 4 nitrogen and oxygen atoms in total. The summed E-state index contributed by atoms with van der Waals surface area (Å²) in [6.07, 6.45) is 8.51. The van der Waals surface area contributed by atoms with E-state index in [9.17, 15) is 4.79 Å². The highest BCUT2D eigenvalue weighted by atomic mass is 16.4. The molecule has 2 unspecified atom stereocenters. The predicted molar refractivity (Wildman–Crippen MR) is 94.4 cm³/mol. The Bertz CT molecular complexity index is 651. The van der Waals surface area contributed by atoms with Crippen LogP contribution in [-0.4, -0.2) is 16.9 Å². The van der Waals surface area contributed by atoms with Crippen molar-refractivity contribution in [2.24, 2.45) is 5.92 Å². The molecule has 1 aliphatic carbocycles. The van der Waals surface area contributed by atoms with E-state index >= 15 is 0 Å². The lowest BCUT2D eigenvalue weighted by Gasteiger charge is -2.27. The van der Waals surface area contributed by atoms with Gasteiger partial charge in [-0.15, -0.1) is 0 Å². The maximum Gasteiger partial charge on any atom is 0.220 e. The standard InChI is InChI=1S/C20H26N2O2/c1-15-7-5-10-17(13-15)22-19(23)11-6-12-20-21-14-18(24-20)16-8-3-2-4-9-16/h2-4,8-9,14-15,17H,5-7,10-13H2,1H3,(H,22,23). The lowest BCUT2D eigenvalue weighted by Crippen LogP contribution is -2.37. The Morgan fingerprint density at radius 1 is 1.29 bits per heavy atom. The van der Waals surface area contributed by atoms with Gasteiger partial charge in [0.1, 0.15) is 0 Å². The van der Waals surface area contributed by atoms with Crippen molar-refractivity contribution in [2.45, 2.75) is 57.9 Å². The Morgan fingerprint density at radius 3 is 2.92 bits per heavy atom. The molecule has 24 heavy (non-hydrogen) atoms. The van der Waals surface area contributed by atoms with Crippen LogP contribution in [0.2, 0.25) is 0 Å². The largest absolute Gasteiger partial charge is 0.441 e. The van der Waals surface area contributed by atoms with E-state index in [4.69, 9.17) is 4.42 Å². The van der Waals surface area contributed by atoms with Gasteiger partial charge in [-0.25, -0.2) is 4.98 Å². The molecule has 1 amide bonds. The number of nitrogens with zero attached hydrogens (tertiary/aromatic N) is 1. The van der Waals surface area contributed by atoms with Crippen LogP contribution in [0, 0.1) is 5.92 Å². The number of amides is 1. The summed E-state index contributed by atoms with van der Waals surface area (Å²) in [6, 6.07) is 10.3. The first-order valence-electron chi connectivity index (χ1n) is 9.00. The average Bonchev–Trinajstić information content (AvgIpc) is 3.04. The van der Waals surface area contributed by atoms with Gasteiger partial charge in [-0.1, -0.05) is 50.1 Å². The molecule has 1 heterocycles. The Balaban J connectivity index is 1.42. The number of carbonyl (C=O) groups excluding carboxylic acids is 1. The monoisotopic (exact) mass is 326 g/mol. The summed E-state index contributed by atoms with van der Waals surface area (Å²) in [5.41, 5.74) is 1.03. The van der Waals surface area contributed by atoms with E-state index in [-0.39, 0.29) is 5.91 Å². The summed E-state index contributed by atoms with van der Waals surface area (Å²) in [5, 5.41) is 3.18. The van der Waals surface area contributed by atoms with Crippen LogP contribution in [0.25, 0.3) is 11.3 Å². The maximum absolute atomic E-state index is 12.1. The molecule has 0 spiro atoms. The van der Waals surface area contributed by atoms with E-state index < -0.39 is 0 Å². The molecule has 1 aromatic carbocycles. The van der Waals surface area contributed by atoms with Crippen LogP contribution in [-0.2, 0) is 11.2 Å². The van der Waals surface area contributed by atoms with E-state index in [0.717, 1.165) is 36.5 Å². The smallest absolute Gasteiger partial charge is 0.220 e. The number of carbonyl (C=O) groups is 1. The first kappa shape index (κ1) is 16.7. The highest BCUT2D eigenvalue weighted by Gasteiger charge is 2.20. The van der Waals surface area contributed by atoms with Gasteiger partial charge >= 0.3 is 0 Å². The summed E-state index contributed by atoms with van der Waals surface area (Å²) in [6.45, 7) is 2.27. The molecular formula is C20H26N2O2. The first-order chi connectivity index (χ1) is 11.7. The highest BCUT2D eigenvalue weighted by molar-refractivity contribution is 5.76. The minimum atomic E-state index is 0.156. The molecule has 0 saturated heterocycles. The molecule has 1 saturated carbocycles. The maximum atomic E-state index is 12.1. The third-order valence-electron chi connectivity index (χ3n) is 4.71. The average molecular weight is 326 g/mol. The van der Waals surface area contributed by atoms with Crippen molar-refractivity contribution in [1.82, 2.24) is 10.3 Å². The van der Waals surface area contributed by atoms with Crippen molar-refractivity contribution in [3.8, 4) is 11.3 Å². The fourth-order valence-corrected chi connectivity index (χ4v) is 3.43. The summed E-state index contributed by atoms with van der Waals surface area (Å²) in [4.78, 5) is 16.4.